The average Bonchev–Trinajstić information content (AvgIpc) is 2.42. The fourth-order valence-electron chi connectivity index (χ4n) is 2.12. The highest BCUT2D eigenvalue weighted by atomic mass is 16.5. The van der Waals surface area contributed by atoms with Gasteiger partial charge in [-0.1, -0.05) is 0 Å². The highest BCUT2D eigenvalue weighted by Crippen LogP contribution is 2.18. The van der Waals surface area contributed by atoms with Gasteiger partial charge in [-0.3, -0.25) is 0 Å². The minimum atomic E-state index is -1.06. The molecule has 1 unspecified atom stereocenters. The van der Waals surface area contributed by atoms with E-state index in [-0.39, 0.29) is 11.8 Å². The van der Waals surface area contributed by atoms with Crippen molar-refractivity contribution in [2.45, 2.75) is 31.8 Å². The van der Waals surface area contributed by atoms with Gasteiger partial charge in [-0.15, -0.1) is 0 Å². The Labute approximate surface area is 112 Å². The topological polar surface area (TPSA) is 97.5 Å². The molecule has 1 saturated heterocycles. The molecular formula is C13H19N3O3. The number of hydrogen-bond donors (Lipinski definition) is 3. The van der Waals surface area contributed by atoms with Gasteiger partial charge >= 0.3 is 5.97 Å². The second-order valence-electron chi connectivity index (χ2n) is 4.64. The van der Waals surface area contributed by atoms with E-state index < -0.39 is 5.97 Å². The number of rotatable bonds is 5. The maximum absolute atomic E-state index is 10.8. The van der Waals surface area contributed by atoms with Crippen LogP contribution in [0.25, 0.3) is 0 Å². The Kier molecular flexibility index (Phi) is 4.57. The van der Waals surface area contributed by atoms with Crippen LogP contribution in [0.5, 0.6) is 0 Å². The number of nitrogens with two attached hydrogens (primary N) is 1. The molecule has 19 heavy (non-hydrogen) atoms. The maximum Gasteiger partial charge on any atom is 0.354 e. The van der Waals surface area contributed by atoms with Gasteiger partial charge in [-0.2, -0.15) is 0 Å². The molecule has 0 saturated carbocycles. The zero-order valence-corrected chi connectivity index (χ0v) is 10.8. The lowest BCUT2D eigenvalue weighted by atomic mass is 10.1. The molecule has 2 rings (SSSR count). The standard InChI is InChI=1S/C13H19N3O3/c14-10-4-5-11(13(17)18)16-12(10)15-7-6-9-3-1-2-8-19-9/h4-5,9H,1-3,6-8,14H2,(H,15,16)(H,17,18). The van der Waals surface area contributed by atoms with Crippen molar-refractivity contribution in [2.24, 2.45) is 0 Å². The Balaban J connectivity index is 1.87. The van der Waals surface area contributed by atoms with Crippen molar-refractivity contribution in [3.8, 4) is 0 Å². The van der Waals surface area contributed by atoms with Gasteiger partial charge in [0.05, 0.1) is 11.8 Å². The minimum absolute atomic E-state index is 0.00869. The number of aromatic nitrogens is 1. The van der Waals surface area contributed by atoms with E-state index in [0.717, 1.165) is 25.9 Å². The van der Waals surface area contributed by atoms with E-state index >= 15 is 0 Å². The zero-order chi connectivity index (χ0) is 13.7. The van der Waals surface area contributed by atoms with Gasteiger partial charge in [-0.05, 0) is 37.8 Å². The van der Waals surface area contributed by atoms with Gasteiger partial charge in [0.15, 0.2) is 5.69 Å². The van der Waals surface area contributed by atoms with E-state index in [1.54, 1.807) is 6.07 Å². The van der Waals surface area contributed by atoms with Crippen LogP contribution < -0.4 is 11.1 Å². The number of nitrogen functional groups attached to an aromatic ring is 1. The lowest BCUT2D eigenvalue weighted by Crippen LogP contribution is -2.22. The fraction of sp³-hybridized carbons (Fsp3) is 0.538. The molecule has 1 aromatic rings. The third kappa shape index (κ3) is 3.82. The van der Waals surface area contributed by atoms with Gasteiger partial charge in [-0.25, -0.2) is 9.78 Å². The number of carboxylic acids is 1. The molecule has 0 radical (unpaired) electrons. The molecule has 0 spiro atoms. The van der Waals surface area contributed by atoms with Crippen LogP contribution in [-0.4, -0.2) is 35.3 Å². The Bertz CT molecular complexity index is 445. The monoisotopic (exact) mass is 265 g/mol. The van der Waals surface area contributed by atoms with E-state index in [2.05, 4.69) is 10.3 Å². The van der Waals surface area contributed by atoms with Crippen LogP contribution in [-0.2, 0) is 4.74 Å². The zero-order valence-electron chi connectivity index (χ0n) is 10.8. The van der Waals surface area contributed by atoms with Crippen molar-refractivity contribution in [1.82, 2.24) is 4.98 Å². The van der Waals surface area contributed by atoms with Crippen molar-refractivity contribution in [2.75, 3.05) is 24.2 Å². The predicted molar refractivity (Wildman–Crippen MR) is 72.3 cm³/mol. The van der Waals surface area contributed by atoms with Crippen LogP contribution in [0.15, 0.2) is 12.1 Å². The summed E-state index contributed by atoms with van der Waals surface area (Å²) in [5, 5.41) is 12.0. The number of nitrogens with zero attached hydrogens (tertiary/aromatic N) is 1. The van der Waals surface area contributed by atoms with Gasteiger partial charge in [0.2, 0.25) is 0 Å². The lowest BCUT2D eigenvalue weighted by molar-refractivity contribution is 0.0134. The SMILES string of the molecule is Nc1ccc(C(=O)O)nc1NCCC1CCCCO1. The van der Waals surface area contributed by atoms with Crippen molar-refractivity contribution < 1.29 is 14.6 Å². The van der Waals surface area contributed by atoms with Crippen molar-refractivity contribution >= 4 is 17.5 Å². The molecule has 1 fully saturated rings. The first kappa shape index (κ1) is 13.6. The Morgan fingerprint density at radius 1 is 1.53 bits per heavy atom. The van der Waals surface area contributed by atoms with Crippen molar-refractivity contribution in [1.29, 1.82) is 0 Å². The molecule has 0 aromatic carbocycles. The van der Waals surface area contributed by atoms with Gasteiger partial charge < -0.3 is 20.9 Å². The van der Waals surface area contributed by atoms with Crippen LogP contribution in [0.2, 0.25) is 0 Å². The fourth-order valence-corrected chi connectivity index (χ4v) is 2.12. The Morgan fingerprint density at radius 2 is 2.37 bits per heavy atom. The van der Waals surface area contributed by atoms with Crippen LogP contribution in [0, 0.1) is 0 Å². The number of pyridine rings is 1. The molecule has 4 N–H and O–H groups in total. The van der Waals surface area contributed by atoms with E-state index in [1.165, 1.54) is 12.5 Å². The summed E-state index contributed by atoms with van der Waals surface area (Å²) in [5.41, 5.74) is 6.20. The minimum Gasteiger partial charge on any atom is -0.477 e. The summed E-state index contributed by atoms with van der Waals surface area (Å²) in [5.74, 6) is -0.630. The van der Waals surface area contributed by atoms with E-state index in [4.69, 9.17) is 15.6 Å². The first-order valence-electron chi connectivity index (χ1n) is 6.52. The molecule has 0 bridgehead atoms. The Morgan fingerprint density at radius 3 is 3.05 bits per heavy atom. The first-order valence-corrected chi connectivity index (χ1v) is 6.52. The highest BCUT2D eigenvalue weighted by Gasteiger charge is 2.14. The molecule has 1 aliphatic heterocycles. The number of carbonyl (C=O) groups is 1. The number of aromatic carboxylic acids is 1. The third-order valence-electron chi connectivity index (χ3n) is 3.18. The summed E-state index contributed by atoms with van der Waals surface area (Å²) in [6.07, 6.45) is 4.58. The molecule has 0 amide bonds. The van der Waals surface area contributed by atoms with Crippen LogP contribution in [0.3, 0.4) is 0 Å². The number of nitrogens with one attached hydrogen (secondary N) is 1. The van der Waals surface area contributed by atoms with Crippen LogP contribution in [0.4, 0.5) is 11.5 Å². The first-order chi connectivity index (χ1) is 9.16. The molecular weight excluding hydrogens is 246 g/mol. The van der Waals surface area contributed by atoms with Gasteiger partial charge in [0.1, 0.15) is 5.82 Å². The molecule has 1 atom stereocenters. The lowest BCUT2D eigenvalue weighted by Gasteiger charge is -2.22. The number of carboxylic acid groups (broad SMARTS) is 1. The molecule has 0 aliphatic carbocycles. The largest absolute Gasteiger partial charge is 0.477 e. The number of anilines is 2. The molecule has 104 valence electrons. The second kappa shape index (κ2) is 6.38. The highest BCUT2D eigenvalue weighted by molar-refractivity contribution is 5.86. The van der Waals surface area contributed by atoms with E-state index in [0.29, 0.717) is 18.1 Å². The molecule has 2 heterocycles. The number of hydrogen-bond acceptors (Lipinski definition) is 5. The second-order valence-corrected chi connectivity index (χ2v) is 4.64. The molecule has 6 nitrogen and oxygen atoms in total. The van der Waals surface area contributed by atoms with Crippen LogP contribution >= 0.6 is 0 Å². The predicted octanol–water partition coefficient (Wildman–Crippen LogP) is 1.73. The van der Waals surface area contributed by atoms with Crippen LogP contribution in [0.1, 0.15) is 36.2 Å². The van der Waals surface area contributed by atoms with E-state index in [9.17, 15) is 4.79 Å². The number of ether oxygens (including phenoxy) is 1. The van der Waals surface area contributed by atoms with Gasteiger partial charge in [0, 0.05) is 13.2 Å². The third-order valence-corrected chi connectivity index (χ3v) is 3.18. The van der Waals surface area contributed by atoms with E-state index in [1.807, 2.05) is 0 Å². The average molecular weight is 265 g/mol. The summed E-state index contributed by atoms with van der Waals surface area (Å²) in [6, 6.07) is 2.95. The summed E-state index contributed by atoms with van der Waals surface area (Å²) >= 11 is 0. The summed E-state index contributed by atoms with van der Waals surface area (Å²) < 4.78 is 5.62. The van der Waals surface area contributed by atoms with Crippen molar-refractivity contribution in [3.05, 3.63) is 17.8 Å². The van der Waals surface area contributed by atoms with Crippen molar-refractivity contribution in [3.63, 3.8) is 0 Å². The summed E-state index contributed by atoms with van der Waals surface area (Å²) in [6.45, 7) is 1.50. The smallest absolute Gasteiger partial charge is 0.354 e. The molecule has 1 aromatic heterocycles. The Hall–Kier alpha value is -1.82. The molecule has 6 heteroatoms. The maximum atomic E-state index is 10.8. The quantitative estimate of drug-likeness (QED) is 0.750. The summed E-state index contributed by atoms with van der Waals surface area (Å²) in [7, 11) is 0. The molecule has 1 aliphatic rings. The summed E-state index contributed by atoms with van der Waals surface area (Å²) in [4.78, 5) is 14.8. The van der Waals surface area contributed by atoms with Gasteiger partial charge in [0.25, 0.3) is 0 Å². The normalized spacial score (nSPS) is 19.1.